The van der Waals surface area contributed by atoms with Gasteiger partial charge in [-0.05, 0) is 24.3 Å². The van der Waals surface area contributed by atoms with E-state index in [1.807, 2.05) is 43.3 Å². The van der Waals surface area contributed by atoms with E-state index in [1.54, 1.807) is 14.2 Å². The van der Waals surface area contributed by atoms with Crippen LogP contribution in [0.15, 0.2) is 29.3 Å². The van der Waals surface area contributed by atoms with Gasteiger partial charge in [-0.25, -0.2) is 0 Å². The van der Waals surface area contributed by atoms with Gasteiger partial charge < -0.3 is 19.7 Å². The van der Waals surface area contributed by atoms with Crippen molar-refractivity contribution in [2.75, 3.05) is 41.4 Å². The van der Waals surface area contributed by atoms with E-state index in [2.05, 4.69) is 10.3 Å². The molecule has 5 heteroatoms. The third kappa shape index (κ3) is 4.53. The summed E-state index contributed by atoms with van der Waals surface area (Å²) in [7, 11) is 7.29. The van der Waals surface area contributed by atoms with E-state index < -0.39 is 0 Å². The molecule has 0 aliphatic rings. The summed E-state index contributed by atoms with van der Waals surface area (Å²) in [6.07, 6.45) is 0. The molecule has 0 saturated heterocycles. The number of rotatable bonds is 5. The maximum absolute atomic E-state index is 5.59. The summed E-state index contributed by atoms with van der Waals surface area (Å²) in [5.74, 6) is 2.50. The van der Waals surface area contributed by atoms with Crippen LogP contribution in [-0.4, -0.2) is 52.3 Å². The third-order valence-corrected chi connectivity index (χ3v) is 2.35. The van der Waals surface area contributed by atoms with Gasteiger partial charge >= 0.3 is 0 Å². The lowest BCUT2D eigenvalue weighted by molar-refractivity contribution is 0.319. The molecule has 0 fully saturated rings. The standard InChI is InChI=1S/C13H21N3O2/c1-14-13(16(2)3)15-9-10-18-12-7-5-11(17-4)6-8-12/h5-8H,9-10H2,1-4H3,(H,14,15). The molecule has 18 heavy (non-hydrogen) atoms. The van der Waals surface area contributed by atoms with Gasteiger partial charge in [-0.2, -0.15) is 0 Å². The average Bonchev–Trinajstić information content (AvgIpc) is 2.39. The summed E-state index contributed by atoms with van der Waals surface area (Å²) in [5.41, 5.74) is 0. The molecule has 1 aromatic rings. The minimum atomic E-state index is 0.583. The molecule has 0 atom stereocenters. The molecule has 0 heterocycles. The first-order valence-electron chi connectivity index (χ1n) is 5.82. The SMILES string of the molecule is CN=C(NCCOc1ccc(OC)cc1)N(C)C. The predicted molar refractivity (Wildman–Crippen MR) is 73.5 cm³/mol. The number of methoxy groups -OCH3 is 1. The van der Waals surface area contributed by atoms with Gasteiger partial charge in [-0.15, -0.1) is 0 Å². The summed E-state index contributed by atoms with van der Waals surface area (Å²) in [4.78, 5) is 6.04. The smallest absolute Gasteiger partial charge is 0.193 e. The quantitative estimate of drug-likeness (QED) is 0.485. The molecular formula is C13H21N3O2. The summed E-state index contributed by atoms with van der Waals surface area (Å²) >= 11 is 0. The number of nitrogens with one attached hydrogen (secondary N) is 1. The first-order valence-corrected chi connectivity index (χ1v) is 5.82. The molecule has 0 aliphatic carbocycles. The van der Waals surface area contributed by atoms with Gasteiger partial charge in [0, 0.05) is 21.1 Å². The minimum Gasteiger partial charge on any atom is -0.497 e. The Bertz CT molecular complexity index is 374. The molecule has 100 valence electrons. The Morgan fingerprint density at radius 3 is 2.33 bits per heavy atom. The van der Waals surface area contributed by atoms with Gasteiger partial charge in [0.15, 0.2) is 5.96 Å². The zero-order valence-electron chi connectivity index (χ0n) is 11.4. The van der Waals surface area contributed by atoms with Crippen molar-refractivity contribution in [2.24, 2.45) is 4.99 Å². The first-order chi connectivity index (χ1) is 8.67. The van der Waals surface area contributed by atoms with E-state index in [1.165, 1.54) is 0 Å². The largest absolute Gasteiger partial charge is 0.497 e. The van der Waals surface area contributed by atoms with Crippen molar-refractivity contribution in [1.29, 1.82) is 0 Å². The van der Waals surface area contributed by atoms with Crippen molar-refractivity contribution >= 4 is 5.96 Å². The van der Waals surface area contributed by atoms with Crippen LogP contribution in [0, 0.1) is 0 Å². The molecular weight excluding hydrogens is 230 g/mol. The lowest BCUT2D eigenvalue weighted by Gasteiger charge is -2.16. The van der Waals surface area contributed by atoms with Crippen LogP contribution in [-0.2, 0) is 0 Å². The van der Waals surface area contributed by atoms with E-state index in [-0.39, 0.29) is 0 Å². The van der Waals surface area contributed by atoms with Crippen molar-refractivity contribution < 1.29 is 9.47 Å². The zero-order valence-corrected chi connectivity index (χ0v) is 11.4. The summed E-state index contributed by atoms with van der Waals surface area (Å²) in [5, 5.41) is 3.19. The molecule has 1 aromatic carbocycles. The lowest BCUT2D eigenvalue weighted by atomic mass is 10.3. The number of benzene rings is 1. The maximum Gasteiger partial charge on any atom is 0.193 e. The highest BCUT2D eigenvalue weighted by Crippen LogP contribution is 2.16. The van der Waals surface area contributed by atoms with Crippen LogP contribution in [0.2, 0.25) is 0 Å². The predicted octanol–water partition coefficient (Wildman–Crippen LogP) is 1.21. The summed E-state index contributed by atoms with van der Waals surface area (Å²) in [6.45, 7) is 1.29. The van der Waals surface area contributed by atoms with Crippen molar-refractivity contribution in [3.05, 3.63) is 24.3 Å². The van der Waals surface area contributed by atoms with Crippen molar-refractivity contribution in [2.45, 2.75) is 0 Å². The second-order valence-electron chi connectivity index (χ2n) is 3.89. The number of guanidine groups is 1. The Kier molecular flexibility index (Phi) is 5.84. The van der Waals surface area contributed by atoms with E-state index in [0.29, 0.717) is 13.2 Å². The molecule has 1 rings (SSSR count). The van der Waals surface area contributed by atoms with Crippen LogP contribution in [0.4, 0.5) is 0 Å². The molecule has 0 amide bonds. The molecule has 0 radical (unpaired) electrons. The van der Waals surface area contributed by atoms with Gasteiger partial charge in [0.1, 0.15) is 18.1 Å². The molecule has 0 aromatic heterocycles. The van der Waals surface area contributed by atoms with Gasteiger partial charge in [0.25, 0.3) is 0 Å². The van der Waals surface area contributed by atoms with Crippen molar-refractivity contribution in [1.82, 2.24) is 10.2 Å². The van der Waals surface area contributed by atoms with Crippen LogP contribution >= 0.6 is 0 Å². The highest BCUT2D eigenvalue weighted by molar-refractivity contribution is 5.79. The van der Waals surface area contributed by atoms with Crippen LogP contribution < -0.4 is 14.8 Å². The summed E-state index contributed by atoms with van der Waals surface area (Å²) in [6, 6.07) is 7.53. The Labute approximate surface area is 108 Å². The topological polar surface area (TPSA) is 46.1 Å². The van der Waals surface area contributed by atoms with E-state index in [4.69, 9.17) is 9.47 Å². The van der Waals surface area contributed by atoms with E-state index in [0.717, 1.165) is 17.5 Å². The highest BCUT2D eigenvalue weighted by Gasteiger charge is 1.99. The van der Waals surface area contributed by atoms with Gasteiger partial charge in [-0.1, -0.05) is 0 Å². The Balaban J connectivity index is 2.29. The second-order valence-corrected chi connectivity index (χ2v) is 3.89. The number of aliphatic imine (C=N–C) groups is 1. The summed E-state index contributed by atoms with van der Waals surface area (Å²) < 4.78 is 10.7. The van der Waals surface area contributed by atoms with Crippen LogP contribution in [0.25, 0.3) is 0 Å². The molecule has 5 nitrogen and oxygen atoms in total. The molecule has 0 aliphatic heterocycles. The highest BCUT2D eigenvalue weighted by atomic mass is 16.5. The second kappa shape index (κ2) is 7.42. The fraction of sp³-hybridized carbons (Fsp3) is 0.462. The van der Waals surface area contributed by atoms with Gasteiger partial charge in [0.05, 0.1) is 13.7 Å². The number of ether oxygens (including phenoxy) is 2. The minimum absolute atomic E-state index is 0.583. The Morgan fingerprint density at radius 1 is 1.22 bits per heavy atom. The lowest BCUT2D eigenvalue weighted by Crippen LogP contribution is -2.38. The van der Waals surface area contributed by atoms with Crippen molar-refractivity contribution in [3.8, 4) is 11.5 Å². The Morgan fingerprint density at radius 2 is 1.83 bits per heavy atom. The van der Waals surface area contributed by atoms with Gasteiger partial charge in [0.2, 0.25) is 0 Å². The maximum atomic E-state index is 5.59. The number of nitrogens with zero attached hydrogens (tertiary/aromatic N) is 2. The molecule has 0 bridgehead atoms. The number of hydrogen-bond donors (Lipinski definition) is 1. The molecule has 0 spiro atoms. The fourth-order valence-corrected chi connectivity index (χ4v) is 1.44. The molecule has 1 N–H and O–H groups in total. The van der Waals surface area contributed by atoms with Crippen LogP contribution in [0.3, 0.4) is 0 Å². The van der Waals surface area contributed by atoms with Crippen LogP contribution in [0.5, 0.6) is 11.5 Å². The monoisotopic (exact) mass is 251 g/mol. The average molecular weight is 251 g/mol. The molecule has 0 saturated carbocycles. The zero-order chi connectivity index (χ0) is 13.4. The fourth-order valence-electron chi connectivity index (χ4n) is 1.44. The van der Waals surface area contributed by atoms with Crippen molar-refractivity contribution in [3.63, 3.8) is 0 Å². The molecule has 0 unspecified atom stereocenters. The van der Waals surface area contributed by atoms with E-state index in [9.17, 15) is 0 Å². The third-order valence-electron chi connectivity index (χ3n) is 2.35. The van der Waals surface area contributed by atoms with Gasteiger partial charge in [-0.3, -0.25) is 4.99 Å². The van der Waals surface area contributed by atoms with Crippen LogP contribution in [0.1, 0.15) is 0 Å². The normalized spacial score (nSPS) is 11.0. The first kappa shape index (κ1) is 14.2. The van der Waals surface area contributed by atoms with E-state index >= 15 is 0 Å². The Hall–Kier alpha value is -1.91. The number of hydrogen-bond acceptors (Lipinski definition) is 3.